The molecule has 1 aromatic carbocycles. The van der Waals surface area contributed by atoms with E-state index in [2.05, 4.69) is 15.9 Å². The second-order valence-electron chi connectivity index (χ2n) is 3.53. The van der Waals surface area contributed by atoms with Crippen LogP contribution in [0.1, 0.15) is 0 Å². The Balaban J connectivity index is 3.97. The topological polar surface area (TPSA) is 0 Å². The average Bonchev–Trinajstić information content (AvgIpc) is 1.94. The Morgan fingerprint density at radius 3 is 1.32 bits per heavy atom. The number of hydrogen-bond donors (Lipinski definition) is 0. The molecule has 0 aliphatic carbocycles. The highest BCUT2D eigenvalue weighted by Crippen LogP contribution is 3.09. The Morgan fingerprint density at radius 1 is 0.632 bits per heavy atom. The molecule has 0 radical (unpaired) electrons. The van der Waals surface area contributed by atoms with Gasteiger partial charge >= 0.3 is 20.4 Å². The summed E-state index contributed by atoms with van der Waals surface area (Å²) in [6.45, 7) is 0. The predicted molar refractivity (Wildman–Crippen MR) is 56.9 cm³/mol. The molecular weight excluding hydrogens is 406 g/mol. The summed E-state index contributed by atoms with van der Waals surface area (Å²) in [6.07, 6.45) is 0. The van der Waals surface area contributed by atoms with Crippen molar-refractivity contribution in [3.63, 3.8) is 0 Å². The maximum Gasteiger partial charge on any atom is 0.311 e. The van der Waals surface area contributed by atoms with Gasteiger partial charge < -0.3 is 0 Å². The van der Waals surface area contributed by atoms with E-state index in [9.17, 15) is 38.9 Å². The first kappa shape index (κ1) is 16.8. The van der Waals surface area contributed by atoms with Gasteiger partial charge in [0.25, 0.3) is 0 Å². The van der Waals surface area contributed by atoms with Gasteiger partial charge in [0, 0.05) is 4.47 Å². The lowest BCUT2D eigenvalue weighted by molar-refractivity contribution is 0.336. The van der Waals surface area contributed by atoms with E-state index < -0.39 is 46.8 Å². The maximum absolute atomic E-state index is 12.4. The monoisotopic (exact) mass is 408 g/mol. The van der Waals surface area contributed by atoms with E-state index in [0.717, 1.165) is 0 Å². The quantitative estimate of drug-likeness (QED) is 0.438. The van der Waals surface area contributed by atoms with Crippen LogP contribution in [-0.4, -0.2) is 0 Å². The Kier molecular flexibility index (Phi) is 2.50. The molecule has 0 unspecified atom stereocenters. The minimum absolute atomic E-state index is 0.167. The van der Waals surface area contributed by atoms with Crippen LogP contribution < -0.4 is 0 Å². The highest BCUT2D eigenvalue weighted by atomic mass is 79.9. The van der Waals surface area contributed by atoms with Crippen molar-refractivity contribution in [2.45, 2.75) is 9.79 Å². The second kappa shape index (κ2) is 2.84. The fourth-order valence-electron chi connectivity index (χ4n) is 1.10. The molecule has 0 saturated carbocycles. The summed E-state index contributed by atoms with van der Waals surface area (Å²) in [5.74, 6) is 0. The molecule has 0 aromatic heterocycles. The highest BCUT2D eigenvalue weighted by molar-refractivity contribution is 9.10. The minimum Gasteiger partial charge on any atom is -0.0936 e. The summed E-state index contributed by atoms with van der Waals surface area (Å²) in [7, 11) is -21.8. The van der Waals surface area contributed by atoms with Crippen LogP contribution >= 0.6 is 36.4 Å². The van der Waals surface area contributed by atoms with Crippen LogP contribution in [0.5, 0.6) is 0 Å². The van der Waals surface area contributed by atoms with Crippen molar-refractivity contribution in [2.24, 2.45) is 0 Å². The molecule has 0 atom stereocenters. The van der Waals surface area contributed by atoms with Crippen molar-refractivity contribution < 1.29 is 38.9 Å². The summed E-state index contributed by atoms with van der Waals surface area (Å²) < 4.78 is 123. The summed E-state index contributed by atoms with van der Waals surface area (Å²) >= 11 is 2.23. The molecule has 13 heteroatoms. The lowest BCUT2D eigenvalue weighted by Crippen LogP contribution is -2.15. The van der Waals surface area contributed by atoms with E-state index in [1.54, 1.807) is 0 Å². The Bertz CT molecular complexity index is 555. The van der Waals surface area contributed by atoms with Crippen LogP contribution in [0.15, 0.2) is 32.5 Å². The highest BCUT2D eigenvalue weighted by Gasteiger charge is 2.75. The molecule has 1 rings (SSSR count). The standard InChI is InChI=1S/C6H3BrF10S2/c7-4-1-2-5(18(8,9,10,11)12)6(3-4)19(13,14,15,16)17/h1-3H. The molecule has 0 nitrogen and oxygen atoms in total. The van der Waals surface area contributed by atoms with Gasteiger partial charge in [-0.15, -0.1) is 0 Å². The first-order valence-electron chi connectivity index (χ1n) is 3.88. The van der Waals surface area contributed by atoms with Crippen molar-refractivity contribution in [1.29, 1.82) is 0 Å². The molecule has 116 valence electrons. The Labute approximate surface area is 108 Å². The van der Waals surface area contributed by atoms with Crippen LogP contribution in [0.4, 0.5) is 38.9 Å². The zero-order valence-corrected chi connectivity index (χ0v) is 11.4. The second-order valence-corrected chi connectivity index (χ2v) is 9.20. The van der Waals surface area contributed by atoms with Gasteiger partial charge in [-0.25, -0.2) is 0 Å². The number of rotatable bonds is 2. The first-order valence-corrected chi connectivity index (χ1v) is 8.57. The largest absolute Gasteiger partial charge is 0.311 e. The third-order valence-corrected chi connectivity index (χ3v) is 4.72. The lowest BCUT2D eigenvalue weighted by Gasteiger charge is -2.47. The third kappa shape index (κ3) is 4.08. The van der Waals surface area contributed by atoms with Gasteiger partial charge in [-0.3, -0.25) is 0 Å². The van der Waals surface area contributed by atoms with Crippen LogP contribution in [-0.2, 0) is 0 Å². The van der Waals surface area contributed by atoms with Crippen molar-refractivity contribution in [3.8, 4) is 0 Å². The van der Waals surface area contributed by atoms with Crippen molar-refractivity contribution in [3.05, 3.63) is 22.7 Å². The molecule has 0 heterocycles. The summed E-state index contributed by atoms with van der Waals surface area (Å²) in [4.78, 5) is -7.31. The summed E-state index contributed by atoms with van der Waals surface area (Å²) in [5.41, 5.74) is 0. The Hall–Kier alpha value is -0.300. The lowest BCUT2D eigenvalue weighted by atomic mass is 10.4. The smallest absolute Gasteiger partial charge is 0.0936 e. The molecule has 0 fully saturated rings. The minimum atomic E-state index is -10.9. The molecule has 0 N–H and O–H groups in total. The zero-order valence-electron chi connectivity index (χ0n) is 8.21. The SMILES string of the molecule is FS(F)(F)(F)(F)c1ccc(Br)cc1S(F)(F)(F)(F)F. The van der Waals surface area contributed by atoms with E-state index in [4.69, 9.17) is 0 Å². The molecule has 19 heavy (non-hydrogen) atoms. The molecule has 0 aliphatic rings. The summed E-state index contributed by atoms with van der Waals surface area (Å²) in [5, 5.41) is 0. The zero-order chi connectivity index (χ0) is 15.7. The molecule has 0 saturated heterocycles. The Morgan fingerprint density at radius 2 is 1.00 bits per heavy atom. The fraction of sp³-hybridized carbons (Fsp3) is 0. The van der Waals surface area contributed by atoms with Gasteiger partial charge in [-0.2, -0.15) is 0 Å². The normalized spacial score (nSPS) is 21.0. The van der Waals surface area contributed by atoms with E-state index >= 15 is 0 Å². The fourth-order valence-corrected chi connectivity index (χ4v) is 4.12. The summed E-state index contributed by atoms with van der Waals surface area (Å²) in [6, 6.07) is -1.27. The van der Waals surface area contributed by atoms with E-state index in [-0.39, 0.29) is 6.07 Å². The predicted octanol–water partition coefficient (Wildman–Crippen LogP) is 7.76. The van der Waals surface area contributed by atoms with Crippen LogP contribution in [0.2, 0.25) is 0 Å². The van der Waals surface area contributed by atoms with Gasteiger partial charge in [0.2, 0.25) is 0 Å². The number of benzene rings is 1. The van der Waals surface area contributed by atoms with Gasteiger partial charge in [0.1, 0.15) is 9.79 Å². The van der Waals surface area contributed by atoms with Crippen molar-refractivity contribution >= 4 is 36.4 Å². The van der Waals surface area contributed by atoms with Gasteiger partial charge in [-0.05, 0) is 18.2 Å². The molecule has 0 amide bonds. The molecule has 0 spiro atoms. The molecule has 0 aliphatic heterocycles. The molecule has 0 bridgehead atoms. The van der Waals surface area contributed by atoms with Crippen LogP contribution in [0.3, 0.4) is 0 Å². The number of hydrogen-bond acceptors (Lipinski definition) is 0. The maximum atomic E-state index is 12.4. The van der Waals surface area contributed by atoms with Crippen LogP contribution in [0, 0.1) is 0 Å². The van der Waals surface area contributed by atoms with E-state index in [1.807, 2.05) is 0 Å². The third-order valence-electron chi connectivity index (χ3n) is 1.74. The average molecular weight is 409 g/mol. The van der Waals surface area contributed by atoms with Gasteiger partial charge in [-0.1, -0.05) is 54.8 Å². The van der Waals surface area contributed by atoms with E-state index in [0.29, 0.717) is 0 Å². The van der Waals surface area contributed by atoms with E-state index in [1.165, 1.54) is 0 Å². The first-order chi connectivity index (χ1) is 7.60. The van der Waals surface area contributed by atoms with Crippen molar-refractivity contribution in [1.82, 2.24) is 0 Å². The van der Waals surface area contributed by atoms with Gasteiger partial charge in [0.05, 0.1) is 0 Å². The van der Waals surface area contributed by atoms with Crippen LogP contribution in [0.25, 0.3) is 0 Å². The number of halogens is 11. The van der Waals surface area contributed by atoms with Crippen molar-refractivity contribution in [2.75, 3.05) is 0 Å². The molecule has 1 aromatic rings. The van der Waals surface area contributed by atoms with Gasteiger partial charge in [0.15, 0.2) is 0 Å². The molecular formula is C6H3BrF10S2.